The van der Waals surface area contributed by atoms with Crippen molar-refractivity contribution in [2.45, 2.75) is 25.2 Å². The van der Waals surface area contributed by atoms with Crippen LogP contribution in [0.15, 0.2) is 36.1 Å². The van der Waals surface area contributed by atoms with Crippen LogP contribution in [0, 0.1) is 5.92 Å². The molecule has 0 aromatic heterocycles. The second-order valence-electron chi connectivity index (χ2n) is 5.15. The number of benzene rings is 1. The number of hydrogen-bond donors (Lipinski definition) is 0. The fourth-order valence-electron chi connectivity index (χ4n) is 2.62. The van der Waals surface area contributed by atoms with Crippen LogP contribution in [0.25, 0.3) is 0 Å². The van der Waals surface area contributed by atoms with E-state index in [-0.39, 0.29) is 11.7 Å². The highest BCUT2D eigenvalue weighted by molar-refractivity contribution is 5.98. The minimum Gasteiger partial charge on any atom is -0.497 e. The summed E-state index contributed by atoms with van der Waals surface area (Å²) < 4.78 is 10.6. The number of allylic oxidation sites excluding steroid dienone is 2. The summed E-state index contributed by atoms with van der Waals surface area (Å²) in [5.74, 6) is 2.08. The second-order valence-corrected chi connectivity index (χ2v) is 5.15. The van der Waals surface area contributed by atoms with Crippen molar-refractivity contribution in [2.24, 2.45) is 5.92 Å². The van der Waals surface area contributed by atoms with E-state index in [0.29, 0.717) is 18.3 Å². The van der Waals surface area contributed by atoms with Gasteiger partial charge in [-0.15, -0.1) is 0 Å². The largest absolute Gasteiger partial charge is 0.497 e. The Labute approximate surface area is 113 Å². The van der Waals surface area contributed by atoms with Crippen LogP contribution in [0.1, 0.15) is 30.7 Å². The van der Waals surface area contributed by atoms with Crippen LogP contribution in [0.5, 0.6) is 5.75 Å². The standard InChI is InChI=1S/C16H18O3/c1-18-12-7-5-11(6-8-12)13-10-14(13)16(17)15-4-2-3-9-19-15/h4-8,13-14H,2-3,9-10H2,1H3. The van der Waals surface area contributed by atoms with Gasteiger partial charge in [-0.25, -0.2) is 0 Å². The summed E-state index contributed by atoms with van der Waals surface area (Å²) in [5, 5.41) is 0. The highest BCUT2D eigenvalue weighted by atomic mass is 16.5. The maximum atomic E-state index is 12.2. The van der Waals surface area contributed by atoms with Gasteiger partial charge in [-0.2, -0.15) is 0 Å². The summed E-state index contributed by atoms with van der Waals surface area (Å²) in [7, 11) is 1.66. The number of hydrogen-bond acceptors (Lipinski definition) is 3. The first kappa shape index (κ1) is 12.3. The van der Waals surface area contributed by atoms with Crippen molar-refractivity contribution in [3.8, 4) is 5.75 Å². The summed E-state index contributed by atoms with van der Waals surface area (Å²) in [6.45, 7) is 0.678. The molecule has 1 aliphatic heterocycles. The highest BCUT2D eigenvalue weighted by Crippen LogP contribution is 2.49. The molecule has 3 nitrogen and oxygen atoms in total. The van der Waals surface area contributed by atoms with Crippen LogP contribution in [0.3, 0.4) is 0 Å². The smallest absolute Gasteiger partial charge is 0.200 e. The van der Waals surface area contributed by atoms with Crippen LogP contribution in [-0.2, 0) is 9.53 Å². The fraction of sp³-hybridized carbons (Fsp3) is 0.438. The maximum Gasteiger partial charge on any atom is 0.200 e. The van der Waals surface area contributed by atoms with Gasteiger partial charge in [0.15, 0.2) is 5.76 Å². The lowest BCUT2D eigenvalue weighted by Crippen LogP contribution is -2.13. The van der Waals surface area contributed by atoms with Crippen molar-refractivity contribution >= 4 is 5.78 Å². The van der Waals surface area contributed by atoms with Gasteiger partial charge in [0.2, 0.25) is 5.78 Å². The molecular weight excluding hydrogens is 240 g/mol. The molecule has 0 bridgehead atoms. The molecule has 0 radical (unpaired) electrons. The summed E-state index contributed by atoms with van der Waals surface area (Å²) >= 11 is 0. The highest BCUT2D eigenvalue weighted by Gasteiger charge is 2.45. The number of methoxy groups -OCH3 is 1. The van der Waals surface area contributed by atoms with E-state index in [4.69, 9.17) is 9.47 Å². The molecule has 3 rings (SSSR count). The Morgan fingerprint density at radius 1 is 1.32 bits per heavy atom. The fourth-order valence-corrected chi connectivity index (χ4v) is 2.62. The molecule has 1 saturated carbocycles. The summed E-state index contributed by atoms with van der Waals surface area (Å²) in [6, 6.07) is 8.00. The number of rotatable bonds is 4. The van der Waals surface area contributed by atoms with Gasteiger partial charge in [-0.05, 0) is 49.0 Å². The third-order valence-electron chi connectivity index (χ3n) is 3.85. The zero-order valence-corrected chi connectivity index (χ0v) is 11.1. The molecule has 0 N–H and O–H groups in total. The molecule has 0 amide bonds. The van der Waals surface area contributed by atoms with Crippen LogP contribution in [0.2, 0.25) is 0 Å². The molecule has 3 heteroatoms. The Bertz CT molecular complexity index is 501. The molecular formula is C16H18O3. The van der Waals surface area contributed by atoms with Gasteiger partial charge in [-0.1, -0.05) is 12.1 Å². The minimum atomic E-state index is 0.109. The molecule has 1 aromatic rings. The monoisotopic (exact) mass is 258 g/mol. The van der Waals surface area contributed by atoms with Crippen molar-refractivity contribution < 1.29 is 14.3 Å². The molecule has 1 aliphatic carbocycles. The third-order valence-corrected chi connectivity index (χ3v) is 3.85. The van der Waals surface area contributed by atoms with Crippen molar-refractivity contribution in [3.63, 3.8) is 0 Å². The Morgan fingerprint density at radius 3 is 2.74 bits per heavy atom. The molecule has 2 atom stereocenters. The topological polar surface area (TPSA) is 35.5 Å². The first-order chi connectivity index (χ1) is 9.29. The van der Waals surface area contributed by atoms with Gasteiger partial charge in [0.05, 0.1) is 13.7 Å². The quantitative estimate of drug-likeness (QED) is 0.832. The van der Waals surface area contributed by atoms with Gasteiger partial charge in [0.25, 0.3) is 0 Å². The van der Waals surface area contributed by atoms with Crippen molar-refractivity contribution in [2.75, 3.05) is 13.7 Å². The number of carbonyl (C=O) groups excluding carboxylic acids is 1. The Hall–Kier alpha value is -1.77. The molecule has 1 fully saturated rings. The molecule has 100 valence electrons. The number of Topliss-reactive ketones (excluding diaryl/α,β-unsaturated/α-hetero) is 1. The predicted molar refractivity (Wildman–Crippen MR) is 72.1 cm³/mol. The van der Waals surface area contributed by atoms with Gasteiger partial charge >= 0.3 is 0 Å². The zero-order valence-electron chi connectivity index (χ0n) is 11.1. The van der Waals surface area contributed by atoms with Crippen molar-refractivity contribution in [1.82, 2.24) is 0 Å². The van der Waals surface area contributed by atoms with Crippen LogP contribution in [-0.4, -0.2) is 19.5 Å². The van der Waals surface area contributed by atoms with E-state index in [1.54, 1.807) is 7.11 Å². The molecule has 0 spiro atoms. The van der Waals surface area contributed by atoms with E-state index >= 15 is 0 Å². The SMILES string of the molecule is COc1ccc(C2CC2C(=O)C2=CCCCO2)cc1. The van der Waals surface area contributed by atoms with Crippen molar-refractivity contribution in [3.05, 3.63) is 41.7 Å². The molecule has 1 aromatic carbocycles. The predicted octanol–water partition coefficient (Wildman–Crippen LogP) is 3.06. The second kappa shape index (κ2) is 5.08. The van der Waals surface area contributed by atoms with E-state index in [2.05, 4.69) is 0 Å². The van der Waals surface area contributed by atoms with E-state index in [1.807, 2.05) is 30.3 Å². The summed E-state index contributed by atoms with van der Waals surface area (Å²) in [4.78, 5) is 12.2. The van der Waals surface area contributed by atoms with Gasteiger partial charge in [0.1, 0.15) is 5.75 Å². The average molecular weight is 258 g/mol. The molecule has 2 aliphatic rings. The van der Waals surface area contributed by atoms with E-state index in [9.17, 15) is 4.79 Å². The van der Waals surface area contributed by atoms with E-state index < -0.39 is 0 Å². The summed E-state index contributed by atoms with van der Waals surface area (Å²) in [6.07, 6.45) is 4.85. The molecule has 0 saturated heterocycles. The number of ether oxygens (including phenoxy) is 2. The first-order valence-electron chi connectivity index (χ1n) is 6.80. The molecule has 1 heterocycles. The van der Waals surface area contributed by atoms with Crippen molar-refractivity contribution in [1.29, 1.82) is 0 Å². The van der Waals surface area contributed by atoms with E-state index in [1.165, 1.54) is 5.56 Å². The van der Waals surface area contributed by atoms with Gasteiger partial charge < -0.3 is 9.47 Å². The first-order valence-corrected chi connectivity index (χ1v) is 6.80. The Balaban J connectivity index is 1.66. The average Bonchev–Trinajstić information content (AvgIpc) is 3.28. The number of ketones is 1. The van der Waals surface area contributed by atoms with Gasteiger partial charge in [0, 0.05) is 5.92 Å². The lowest BCUT2D eigenvalue weighted by molar-refractivity contribution is -0.120. The maximum absolute atomic E-state index is 12.2. The Kier molecular flexibility index (Phi) is 3.28. The zero-order chi connectivity index (χ0) is 13.2. The molecule has 19 heavy (non-hydrogen) atoms. The molecule has 2 unspecified atom stereocenters. The van der Waals surface area contributed by atoms with Crippen LogP contribution < -0.4 is 4.74 Å². The summed E-state index contributed by atoms with van der Waals surface area (Å²) in [5.41, 5.74) is 1.22. The normalized spacial score (nSPS) is 25.2. The van der Waals surface area contributed by atoms with E-state index in [0.717, 1.165) is 25.0 Å². The van der Waals surface area contributed by atoms with Crippen LogP contribution >= 0.6 is 0 Å². The Morgan fingerprint density at radius 2 is 2.11 bits per heavy atom. The third kappa shape index (κ3) is 2.50. The lowest BCUT2D eigenvalue weighted by Gasteiger charge is -2.13. The lowest BCUT2D eigenvalue weighted by atomic mass is 10.1. The number of carbonyl (C=O) groups is 1. The van der Waals surface area contributed by atoms with Gasteiger partial charge in [-0.3, -0.25) is 4.79 Å². The van der Waals surface area contributed by atoms with Crippen LogP contribution in [0.4, 0.5) is 0 Å². The minimum absolute atomic E-state index is 0.109.